The Morgan fingerprint density at radius 2 is 1.82 bits per heavy atom. The topological polar surface area (TPSA) is 115 Å². The van der Waals surface area contributed by atoms with Crippen molar-refractivity contribution in [3.05, 3.63) is 14.7 Å². The Kier molecular flexibility index (Phi) is 5.97. The van der Waals surface area contributed by atoms with E-state index in [4.69, 9.17) is 23.7 Å². The summed E-state index contributed by atoms with van der Waals surface area (Å²) >= 11 is 3.59. The first-order valence-electron chi connectivity index (χ1n) is 4.73. The molecule has 1 saturated heterocycles. The smallest absolute Gasteiger partial charge is 0.313 e. The van der Waals surface area contributed by atoms with Crippen LogP contribution in [0.15, 0.2) is 10.8 Å². The van der Waals surface area contributed by atoms with E-state index in [2.05, 4.69) is 15.3 Å². The molecule has 1 N–H and O–H groups in total. The van der Waals surface area contributed by atoms with Gasteiger partial charge < -0.3 is 5.11 Å². The fourth-order valence-corrected chi connectivity index (χ4v) is 3.36. The van der Waals surface area contributed by atoms with Crippen molar-refractivity contribution in [1.29, 1.82) is 0 Å². The number of rotatable bonds is 1. The largest absolute Gasteiger partial charge is 0.396 e. The highest BCUT2D eigenvalue weighted by Crippen LogP contribution is 2.09. The average Bonchev–Trinajstić information content (AvgIpc) is 2.86. The standard InChI is InChI=1S/C8H12NOS2.ClHO4/c10-6-7-1-2-9(5-7)8-11-3-4-12-8;2-1(3,4)5/h3-4,7,10H,1-2,5-6H2;(H,2,3,4,5)/q+1;/p-1. The molecule has 0 aliphatic carbocycles. The average molecular weight is 302 g/mol. The van der Waals surface area contributed by atoms with Crippen LogP contribution in [0.1, 0.15) is 6.42 Å². The Balaban J connectivity index is 0.000000249. The molecule has 17 heavy (non-hydrogen) atoms. The number of halogens is 1. The monoisotopic (exact) mass is 301 g/mol. The zero-order valence-corrected chi connectivity index (χ0v) is 11.2. The highest BCUT2D eigenvalue weighted by molar-refractivity contribution is 7.24. The summed E-state index contributed by atoms with van der Waals surface area (Å²) in [6.07, 6.45) is 1.14. The van der Waals surface area contributed by atoms with Crippen molar-refractivity contribution in [2.24, 2.45) is 5.92 Å². The maximum absolute atomic E-state index is 8.96. The van der Waals surface area contributed by atoms with Gasteiger partial charge in [-0.3, -0.25) is 0 Å². The molecule has 1 atom stereocenters. The van der Waals surface area contributed by atoms with Crippen molar-refractivity contribution in [2.75, 3.05) is 19.7 Å². The lowest BCUT2D eigenvalue weighted by atomic mass is 10.1. The first-order valence-corrected chi connectivity index (χ1v) is 7.72. The SMILES string of the molecule is OCC1CC[N+](=c2sccs2)C1.[O-][Cl+3]([O-])([O-])[O-]. The van der Waals surface area contributed by atoms with E-state index in [9.17, 15) is 0 Å². The van der Waals surface area contributed by atoms with Gasteiger partial charge >= 0.3 is 3.98 Å². The summed E-state index contributed by atoms with van der Waals surface area (Å²) in [4.78, 5) is 0. The molecule has 0 bridgehead atoms. The molecule has 1 unspecified atom stereocenters. The van der Waals surface area contributed by atoms with Crippen molar-refractivity contribution in [1.82, 2.24) is 4.58 Å². The van der Waals surface area contributed by atoms with Crippen molar-refractivity contribution >= 4 is 22.7 Å². The van der Waals surface area contributed by atoms with Gasteiger partial charge in [-0.1, -0.05) is 22.7 Å². The molecule has 0 aromatic carbocycles. The maximum atomic E-state index is 8.96. The van der Waals surface area contributed by atoms with E-state index < -0.39 is 10.2 Å². The lowest BCUT2D eigenvalue weighted by molar-refractivity contribution is -2.00. The molecule has 0 radical (unpaired) electrons. The number of aliphatic hydroxyl groups is 1. The van der Waals surface area contributed by atoms with Crippen LogP contribution in [0.3, 0.4) is 0 Å². The predicted molar refractivity (Wildman–Crippen MR) is 52.4 cm³/mol. The minimum Gasteiger partial charge on any atom is -0.396 e. The van der Waals surface area contributed by atoms with Gasteiger partial charge in [0.2, 0.25) is 0 Å². The van der Waals surface area contributed by atoms with Gasteiger partial charge in [0.25, 0.3) is 0 Å². The molecule has 1 aliphatic heterocycles. The maximum Gasteiger partial charge on any atom is 0.313 e. The van der Waals surface area contributed by atoms with E-state index in [1.807, 2.05) is 0 Å². The Labute approximate surface area is 108 Å². The molecule has 0 saturated carbocycles. The van der Waals surface area contributed by atoms with Crippen molar-refractivity contribution < 1.29 is 34.0 Å². The highest BCUT2D eigenvalue weighted by atomic mass is 35.7. The van der Waals surface area contributed by atoms with E-state index in [1.165, 1.54) is 3.98 Å². The van der Waals surface area contributed by atoms with Gasteiger partial charge in [0.15, 0.2) is 0 Å². The third-order valence-electron chi connectivity index (χ3n) is 2.20. The quantitative estimate of drug-likeness (QED) is 0.529. The Hall–Kier alpha value is -0.0600. The first-order chi connectivity index (χ1) is 7.90. The van der Waals surface area contributed by atoms with Gasteiger partial charge in [0.1, 0.15) is 13.1 Å². The summed E-state index contributed by atoms with van der Waals surface area (Å²) < 4.78 is 37.7. The number of nitrogens with zero attached hydrogens (tertiary/aromatic N) is 1. The first kappa shape index (κ1) is 15.0. The number of aliphatic hydroxyl groups excluding tert-OH is 1. The molecule has 1 aromatic rings. The van der Waals surface area contributed by atoms with Gasteiger partial charge in [-0.15, -0.1) is 10.2 Å². The van der Waals surface area contributed by atoms with E-state index in [-0.39, 0.29) is 0 Å². The fraction of sp³-hybridized carbons (Fsp3) is 0.625. The molecule has 98 valence electrons. The Bertz CT molecular complexity index is 376. The van der Waals surface area contributed by atoms with Gasteiger partial charge in [0, 0.05) is 23.1 Å². The van der Waals surface area contributed by atoms with Gasteiger partial charge in [-0.25, -0.2) is 23.2 Å². The Morgan fingerprint density at radius 1 is 1.29 bits per heavy atom. The molecule has 1 aliphatic rings. The van der Waals surface area contributed by atoms with E-state index >= 15 is 0 Å². The molecule has 2 rings (SSSR count). The van der Waals surface area contributed by atoms with Crippen molar-refractivity contribution in [3.63, 3.8) is 0 Å². The minimum atomic E-state index is -4.94. The summed E-state index contributed by atoms with van der Waals surface area (Å²) in [7, 11) is -4.94. The zero-order valence-electron chi connectivity index (χ0n) is 8.78. The number of hydrogen-bond acceptors (Lipinski definition) is 7. The van der Waals surface area contributed by atoms with Crippen LogP contribution < -0.4 is 27.2 Å². The van der Waals surface area contributed by atoms with E-state index in [0.29, 0.717) is 12.5 Å². The molecule has 6 nitrogen and oxygen atoms in total. The second kappa shape index (κ2) is 6.76. The number of hydrogen-bond donors (Lipinski definition) is 1. The van der Waals surface area contributed by atoms with Gasteiger partial charge in [-0.2, -0.15) is 0 Å². The minimum absolute atomic E-state index is 0.340. The van der Waals surface area contributed by atoms with Crippen LogP contribution in [0.2, 0.25) is 0 Å². The second-order valence-corrected chi connectivity index (χ2v) is 6.24. The van der Waals surface area contributed by atoms with Crippen LogP contribution >= 0.6 is 22.7 Å². The van der Waals surface area contributed by atoms with Crippen LogP contribution in [0.25, 0.3) is 0 Å². The summed E-state index contributed by atoms with van der Waals surface area (Å²) in [5, 5.41) is 13.2. The fourth-order valence-electron chi connectivity index (χ4n) is 1.50. The lowest BCUT2D eigenvalue weighted by Crippen LogP contribution is -2.68. The summed E-state index contributed by atoms with van der Waals surface area (Å²) in [5.41, 5.74) is 0. The zero-order chi connectivity index (χ0) is 12.9. The molecule has 9 heteroatoms. The second-order valence-electron chi connectivity index (χ2n) is 3.44. The van der Waals surface area contributed by atoms with Crippen molar-refractivity contribution in [2.45, 2.75) is 6.42 Å². The molecular formula is C8H12ClNO5S2. The van der Waals surface area contributed by atoms with Gasteiger partial charge in [-0.05, 0) is 0 Å². The van der Waals surface area contributed by atoms with E-state index in [1.54, 1.807) is 22.7 Å². The molecule has 1 aromatic heterocycles. The predicted octanol–water partition coefficient (Wildman–Crippen LogP) is -4.16. The molecule has 1 fully saturated rings. The molecule has 0 amide bonds. The van der Waals surface area contributed by atoms with Crippen LogP contribution in [0.5, 0.6) is 0 Å². The molecular weight excluding hydrogens is 290 g/mol. The van der Waals surface area contributed by atoms with E-state index in [0.717, 1.165) is 19.5 Å². The molecule has 2 heterocycles. The van der Waals surface area contributed by atoms with Crippen LogP contribution in [-0.4, -0.2) is 24.8 Å². The summed E-state index contributed by atoms with van der Waals surface area (Å²) in [6, 6.07) is 0. The van der Waals surface area contributed by atoms with Crippen LogP contribution in [0, 0.1) is 16.2 Å². The Morgan fingerprint density at radius 3 is 2.24 bits per heavy atom. The third kappa shape index (κ3) is 6.43. The highest BCUT2D eigenvalue weighted by Gasteiger charge is 2.25. The summed E-state index contributed by atoms with van der Waals surface area (Å²) in [5.74, 6) is 0.499. The normalized spacial score (nSPS) is 20.1. The lowest BCUT2D eigenvalue weighted by Gasteiger charge is -2.17. The van der Waals surface area contributed by atoms with Crippen molar-refractivity contribution in [3.8, 4) is 0 Å². The summed E-state index contributed by atoms with van der Waals surface area (Å²) in [6.45, 7) is 2.49. The molecule has 0 spiro atoms. The van der Waals surface area contributed by atoms with Gasteiger partial charge in [0.05, 0.1) is 6.61 Å². The van der Waals surface area contributed by atoms with Crippen LogP contribution in [0.4, 0.5) is 0 Å². The third-order valence-corrected chi connectivity index (χ3v) is 4.41. The van der Waals surface area contributed by atoms with Crippen LogP contribution in [-0.2, 0) is 0 Å².